The van der Waals surface area contributed by atoms with E-state index >= 15 is 0 Å². The summed E-state index contributed by atoms with van der Waals surface area (Å²) in [5.41, 5.74) is 2.70. The zero-order valence-electron chi connectivity index (χ0n) is 9.49. The number of aryl methyl sites for hydroxylation is 1. The van der Waals surface area contributed by atoms with Gasteiger partial charge in [0.2, 0.25) is 0 Å². The first-order valence-corrected chi connectivity index (χ1v) is 5.64. The lowest BCUT2D eigenvalue weighted by molar-refractivity contribution is 0.00881. The number of morpholine rings is 1. The van der Waals surface area contributed by atoms with Gasteiger partial charge in [-0.1, -0.05) is 29.8 Å². The van der Waals surface area contributed by atoms with Crippen LogP contribution in [-0.4, -0.2) is 25.3 Å². The van der Waals surface area contributed by atoms with Gasteiger partial charge in [0.25, 0.3) is 0 Å². The maximum absolute atomic E-state index is 5.77. The van der Waals surface area contributed by atoms with Crippen LogP contribution in [0.4, 0.5) is 0 Å². The van der Waals surface area contributed by atoms with Crippen LogP contribution in [0.15, 0.2) is 24.3 Å². The minimum Gasteiger partial charge on any atom is -0.375 e. The average molecular weight is 205 g/mol. The molecule has 1 unspecified atom stereocenters. The molecule has 15 heavy (non-hydrogen) atoms. The molecule has 2 nitrogen and oxygen atoms in total. The Morgan fingerprint density at radius 2 is 2.33 bits per heavy atom. The van der Waals surface area contributed by atoms with Crippen LogP contribution in [0, 0.1) is 6.92 Å². The number of hydrogen-bond acceptors (Lipinski definition) is 2. The molecule has 1 aliphatic heterocycles. The summed E-state index contributed by atoms with van der Waals surface area (Å²) in [4.78, 5) is 0. The summed E-state index contributed by atoms with van der Waals surface area (Å²) in [5.74, 6) is 0. The Bertz CT molecular complexity index is 316. The fourth-order valence-electron chi connectivity index (χ4n) is 1.96. The smallest absolute Gasteiger partial charge is 0.0740 e. The minimum absolute atomic E-state index is 0.336. The van der Waals surface area contributed by atoms with Crippen molar-refractivity contribution in [1.29, 1.82) is 0 Å². The molecule has 82 valence electrons. The molecule has 1 heterocycles. The van der Waals surface area contributed by atoms with Gasteiger partial charge in [-0.2, -0.15) is 0 Å². The van der Waals surface area contributed by atoms with Crippen molar-refractivity contribution in [2.45, 2.75) is 32.4 Å². The Morgan fingerprint density at radius 3 is 3.00 bits per heavy atom. The first kappa shape index (κ1) is 10.7. The van der Waals surface area contributed by atoms with Crippen LogP contribution >= 0.6 is 0 Å². The van der Waals surface area contributed by atoms with E-state index in [4.69, 9.17) is 4.74 Å². The Balaban J connectivity index is 1.92. The Hall–Kier alpha value is -0.860. The van der Waals surface area contributed by atoms with Crippen LogP contribution in [0.2, 0.25) is 0 Å². The lowest BCUT2D eigenvalue weighted by atomic mass is 10.0. The van der Waals surface area contributed by atoms with E-state index in [0.29, 0.717) is 12.1 Å². The summed E-state index contributed by atoms with van der Waals surface area (Å²) in [7, 11) is 0. The van der Waals surface area contributed by atoms with Crippen LogP contribution in [0.3, 0.4) is 0 Å². The van der Waals surface area contributed by atoms with Gasteiger partial charge in [0.1, 0.15) is 0 Å². The molecule has 1 N–H and O–H groups in total. The highest BCUT2D eigenvalue weighted by molar-refractivity contribution is 5.22. The standard InChI is InChI=1S/C13H19NO/c1-10-4-3-5-12(6-10)7-13-8-14-11(2)9-15-13/h3-6,11,13-14H,7-9H2,1-2H3/t11-,13?/m0/s1. The second-order valence-corrected chi connectivity index (χ2v) is 4.46. The summed E-state index contributed by atoms with van der Waals surface area (Å²) in [6.45, 7) is 6.08. The van der Waals surface area contributed by atoms with E-state index in [1.165, 1.54) is 11.1 Å². The Kier molecular flexibility index (Phi) is 3.39. The van der Waals surface area contributed by atoms with Gasteiger partial charge in [-0.25, -0.2) is 0 Å². The molecule has 0 spiro atoms. The maximum Gasteiger partial charge on any atom is 0.0740 e. The SMILES string of the molecule is Cc1cccc(CC2CN[C@@H](C)CO2)c1. The van der Waals surface area contributed by atoms with Crippen molar-refractivity contribution in [3.05, 3.63) is 35.4 Å². The second kappa shape index (κ2) is 4.77. The van der Waals surface area contributed by atoms with E-state index in [1.807, 2.05) is 0 Å². The van der Waals surface area contributed by atoms with Gasteiger partial charge < -0.3 is 10.1 Å². The van der Waals surface area contributed by atoms with Gasteiger partial charge >= 0.3 is 0 Å². The minimum atomic E-state index is 0.336. The first-order valence-electron chi connectivity index (χ1n) is 5.64. The van der Waals surface area contributed by atoms with Gasteiger partial charge in [0.05, 0.1) is 12.7 Å². The largest absolute Gasteiger partial charge is 0.375 e. The van der Waals surface area contributed by atoms with E-state index in [-0.39, 0.29) is 0 Å². The van der Waals surface area contributed by atoms with Crippen molar-refractivity contribution in [1.82, 2.24) is 5.32 Å². The molecule has 1 aromatic rings. The van der Waals surface area contributed by atoms with Crippen molar-refractivity contribution in [2.24, 2.45) is 0 Å². The molecule has 1 saturated heterocycles. The maximum atomic E-state index is 5.77. The molecule has 1 aromatic carbocycles. The molecule has 0 amide bonds. The zero-order valence-corrected chi connectivity index (χ0v) is 9.49. The molecule has 2 atom stereocenters. The van der Waals surface area contributed by atoms with Crippen molar-refractivity contribution >= 4 is 0 Å². The summed E-state index contributed by atoms with van der Waals surface area (Å²) in [6.07, 6.45) is 1.35. The molecule has 1 aliphatic rings. The van der Waals surface area contributed by atoms with Crippen molar-refractivity contribution in [3.8, 4) is 0 Å². The topological polar surface area (TPSA) is 21.3 Å². The third kappa shape index (κ3) is 3.05. The fourth-order valence-corrected chi connectivity index (χ4v) is 1.96. The molecule has 1 fully saturated rings. The van der Waals surface area contributed by atoms with Gasteiger partial charge in [-0.05, 0) is 25.8 Å². The Morgan fingerprint density at radius 1 is 1.47 bits per heavy atom. The number of rotatable bonds is 2. The summed E-state index contributed by atoms with van der Waals surface area (Å²) in [6, 6.07) is 9.16. The summed E-state index contributed by atoms with van der Waals surface area (Å²) in [5, 5.41) is 3.44. The fraction of sp³-hybridized carbons (Fsp3) is 0.538. The molecular formula is C13H19NO. The van der Waals surface area contributed by atoms with Crippen molar-refractivity contribution in [2.75, 3.05) is 13.2 Å². The summed E-state index contributed by atoms with van der Waals surface area (Å²) < 4.78 is 5.77. The van der Waals surface area contributed by atoms with Crippen LogP contribution in [0.5, 0.6) is 0 Å². The number of ether oxygens (including phenoxy) is 1. The van der Waals surface area contributed by atoms with Crippen LogP contribution < -0.4 is 5.32 Å². The van der Waals surface area contributed by atoms with Gasteiger partial charge in [0, 0.05) is 12.6 Å². The molecule has 0 saturated carbocycles. The number of nitrogens with one attached hydrogen (secondary N) is 1. The van der Waals surface area contributed by atoms with Gasteiger partial charge in [0.15, 0.2) is 0 Å². The lowest BCUT2D eigenvalue weighted by Crippen LogP contribution is -2.45. The lowest BCUT2D eigenvalue weighted by Gasteiger charge is -2.28. The molecule has 2 heteroatoms. The predicted octanol–water partition coefficient (Wildman–Crippen LogP) is 1.91. The predicted molar refractivity (Wildman–Crippen MR) is 62.1 cm³/mol. The van der Waals surface area contributed by atoms with Crippen LogP contribution in [0.1, 0.15) is 18.1 Å². The van der Waals surface area contributed by atoms with E-state index in [0.717, 1.165) is 19.6 Å². The quantitative estimate of drug-likeness (QED) is 0.796. The van der Waals surface area contributed by atoms with Crippen LogP contribution in [0.25, 0.3) is 0 Å². The third-order valence-electron chi connectivity index (χ3n) is 2.82. The zero-order chi connectivity index (χ0) is 10.7. The molecular weight excluding hydrogens is 186 g/mol. The van der Waals surface area contributed by atoms with Gasteiger partial charge in [-0.15, -0.1) is 0 Å². The average Bonchev–Trinajstić information content (AvgIpc) is 2.22. The highest BCUT2D eigenvalue weighted by atomic mass is 16.5. The normalized spacial score (nSPS) is 26.5. The van der Waals surface area contributed by atoms with Crippen molar-refractivity contribution < 1.29 is 4.74 Å². The Labute approximate surface area is 91.6 Å². The van der Waals surface area contributed by atoms with E-state index in [1.54, 1.807) is 0 Å². The monoisotopic (exact) mass is 205 g/mol. The van der Waals surface area contributed by atoms with Crippen molar-refractivity contribution in [3.63, 3.8) is 0 Å². The first-order chi connectivity index (χ1) is 7.24. The summed E-state index contributed by atoms with van der Waals surface area (Å²) >= 11 is 0. The van der Waals surface area contributed by atoms with Gasteiger partial charge in [-0.3, -0.25) is 0 Å². The molecule has 0 aliphatic carbocycles. The number of hydrogen-bond donors (Lipinski definition) is 1. The molecule has 0 radical (unpaired) electrons. The van der Waals surface area contributed by atoms with E-state index < -0.39 is 0 Å². The number of benzene rings is 1. The van der Waals surface area contributed by atoms with Crippen LogP contribution in [-0.2, 0) is 11.2 Å². The highest BCUT2D eigenvalue weighted by Crippen LogP contribution is 2.11. The molecule has 0 bridgehead atoms. The highest BCUT2D eigenvalue weighted by Gasteiger charge is 2.17. The van der Waals surface area contributed by atoms with E-state index in [2.05, 4.69) is 43.4 Å². The van der Waals surface area contributed by atoms with E-state index in [9.17, 15) is 0 Å². The molecule has 0 aromatic heterocycles. The molecule has 2 rings (SSSR count). The second-order valence-electron chi connectivity index (χ2n) is 4.46. The third-order valence-corrected chi connectivity index (χ3v) is 2.82.